The van der Waals surface area contributed by atoms with Crippen molar-refractivity contribution in [3.05, 3.63) is 24.0 Å². The van der Waals surface area contributed by atoms with E-state index in [1.165, 1.54) is 12.1 Å². The van der Waals surface area contributed by atoms with Crippen molar-refractivity contribution in [1.82, 2.24) is 10.2 Å². The minimum absolute atomic E-state index is 0.125. The van der Waals surface area contributed by atoms with Gasteiger partial charge in [-0.2, -0.15) is 0 Å². The van der Waals surface area contributed by atoms with E-state index in [0.29, 0.717) is 12.2 Å². The zero-order chi connectivity index (χ0) is 16.0. The summed E-state index contributed by atoms with van der Waals surface area (Å²) in [4.78, 5) is 25.3. The number of benzene rings is 1. The monoisotopic (exact) mass is 296 g/mol. The van der Waals surface area contributed by atoms with E-state index in [2.05, 4.69) is 10.6 Å². The molecule has 0 aromatic heterocycles. The van der Waals surface area contributed by atoms with E-state index >= 15 is 0 Å². The molecule has 4 N–H and O–H groups in total. The number of carbonyl (C=O) groups excluding carboxylic acids is 2. The first-order valence-electron chi connectivity index (χ1n) is 6.69. The molecule has 0 aliphatic carbocycles. The maximum absolute atomic E-state index is 13.0. The molecule has 0 radical (unpaired) electrons. The Morgan fingerprint density at radius 1 is 1.43 bits per heavy atom. The molecule has 21 heavy (non-hydrogen) atoms. The second-order valence-corrected chi connectivity index (χ2v) is 4.63. The van der Waals surface area contributed by atoms with Crippen LogP contribution in [0.1, 0.15) is 13.8 Å². The molecular weight excluding hydrogens is 275 g/mol. The maximum Gasteiger partial charge on any atom is 0.241 e. The van der Waals surface area contributed by atoms with Gasteiger partial charge in [0.15, 0.2) is 0 Å². The number of nitrogens with one attached hydrogen (secondary N) is 2. The number of carbonyl (C=O) groups is 2. The van der Waals surface area contributed by atoms with Crippen molar-refractivity contribution in [2.24, 2.45) is 0 Å². The summed E-state index contributed by atoms with van der Waals surface area (Å²) in [6, 6.07) is 3.25. The van der Waals surface area contributed by atoms with Gasteiger partial charge in [0.05, 0.1) is 24.0 Å². The first-order valence-corrected chi connectivity index (χ1v) is 6.69. The summed E-state index contributed by atoms with van der Waals surface area (Å²) in [6.45, 7) is 4.22. The van der Waals surface area contributed by atoms with Crippen LogP contribution in [0.4, 0.5) is 15.8 Å². The summed E-state index contributed by atoms with van der Waals surface area (Å²) in [5.41, 5.74) is 6.16. The van der Waals surface area contributed by atoms with Gasteiger partial charge in [-0.1, -0.05) is 6.92 Å². The molecule has 1 atom stereocenters. The lowest BCUT2D eigenvalue weighted by Gasteiger charge is -2.26. The number of hydrogen-bond acceptors (Lipinski definition) is 4. The van der Waals surface area contributed by atoms with Crippen molar-refractivity contribution in [3.8, 4) is 0 Å². The van der Waals surface area contributed by atoms with E-state index in [4.69, 9.17) is 5.73 Å². The van der Waals surface area contributed by atoms with Gasteiger partial charge in [0.25, 0.3) is 0 Å². The summed E-state index contributed by atoms with van der Waals surface area (Å²) in [5.74, 6) is -0.940. The van der Waals surface area contributed by atoms with Crippen molar-refractivity contribution in [3.63, 3.8) is 0 Å². The highest BCUT2D eigenvalue weighted by Crippen LogP contribution is 2.19. The van der Waals surface area contributed by atoms with Gasteiger partial charge in [-0.25, -0.2) is 4.39 Å². The molecule has 1 aromatic rings. The zero-order valence-corrected chi connectivity index (χ0v) is 12.4. The van der Waals surface area contributed by atoms with Gasteiger partial charge in [-0.05, 0) is 31.7 Å². The largest absolute Gasteiger partial charge is 0.397 e. The number of hydrogen-bond donors (Lipinski definition) is 3. The normalized spacial score (nSPS) is 12.0. The highest BCUT2D eigenvalue weighted by atomic mass is 19.1. The predicted molar refractivity (Wildman–Crippen MR) is 80.2 cm³/mol. The van der Waals surface area contributed by atoms with Gasteiger partial charge in [-0.3, -0.25) is 14.5 Å². The number of nitrogens with two attached hydrogens (primary N) is 1. The Balaban J connectivity index is 2.74. The average Bonchev–Trinajstić information content (AvgIpc) is 2.46. The highest BCUT2D eigenvalue weighted by Gasteiger charge is 2.22. The lowest BCUT2D eigenvalue weighted by atomic mass is 10.2. The van der Waals surface area contributed by atoms with E-state index in [-0.39, 0.29) is 24.0 Å². The first-order chi connectivity index (χ1) is 9.88. The van der Waals surface area contributed by atoms with E-state index < -0.39 is 11.9 Å². The van der Waals surface area contributed by atoms with Crippen LogP contribution in [0.5, 0.6) is 0 Å². The zero-order valence-electron chi connectivity index (χ0n) is 12.4. The lowest BCUT2D eigenvalue weighted by molar-refractivity contribution is -0.125. The summed E-state index contributed by atoms with van der Waals surface area (Å²) in [5, 5.41) is 5.15. The fourth-order valence-corrected chi connectivity index (χ4v) is 1.84. The smallest absolute Gasteiger partial charge is 0.241 e. The molecule has 0 spiro atoms. The predicted octanol–water partition coefficient (Wildman–Crippen LogP) is 0.803. The fraction of sp³-hybridized carbons (Fsp3) is 0.429. The molecule has 1 rings (SSSR count). The van der Waals surface area contributed by atoms with Crippen molar-refractivity contribution in [2.45, 2.75) is 19.9 Å². The van der Waals surface area contributed by atoms with E-state index in [1.54, 1.807) is 18.9 Å². The SMILES string of the molecule is CCN(CC(=O)NC)C(C)C(=O)Nc1ccc(F)cc1N. The standard InChI is InChI=1S/C14H21FN4O2/c1-4-19(8-13(20)17-3)9(2)14(21)18-12-6-5-10(15)7-11(12)16/h5-7,9H,4,8,16H2,1-3H3,(H,17,20)(H,18,21). The van der Waals surface area contributed by atoms with Gasteiger partial charge in [-0.15, -0.1) is 0 Å². The summed E-state index contributed by atoms with van der Waals surface area (Å²) in [7, 11) is 1.54. The third-order valence-corrected chi connectivity index (χ3v) is 3.23. The van der Waals surface area contributed by atoms with Crippen LogP contribution in [0.25, 0.3) is 0 Å². The van der Waals surface area contributed by atoms with E-state index in [1.807, 2.05) is 6.92 Å². The maximum atomic E-state index is 13.0. The van der Waals surface area contributed by atoms with Crippen LogP contribution in [0.3, 0.4) is 0 Å². The Labute approximate surface area is 123 Å². The molecule has 0 heterocycles. The molecule has 116 valence electrons. The van der Waals surface area contributed by atoms with Crippen molar-refractivity contribution >= 4 is 23.2 Å². The van der Waals surface area contributed by atoms with Crippen LogP contribution >= 0.6 is 0 Å². The average molecular weight is 296 g/mol. The van der Waals surface area contributed by atoms with Gasteiger partial charge in [0, 0.05) is 7.05 Å². The Morgan fingerprint density at radius 3 is 2.62 bits per heavy atom. The number of halogens is 1. The van der Waals surface area contributed by atoms with Crippen molar-refractivity contribution in [1.29, 1.82) is 0 Å². The lowest BCUT2D eigenvalue weighted by Crippen LogP contribution is -2.46. The topological polar surface area (TPSA) is 87.5 Å². The Hall–Kier alpha value is -2.15. The number of likely N-dealkylation sites (N-methyl/N-ethyl adjacent to an activating group) is 2. The number of nitrogen functional groups attached to an aromatic ring is 1. The number of nitrogens with zero attached hydrogens (tertiary/aromatic N) is 1. The molecular formula is C14H21FN4O2. The fourth-order valence-electron chi connectivity index (χ4n) is 1.84. The Morgan fingerprint density at radius 2 is 2.10 bits per heavy atom. The minimum Gasteiger partial charge on any atom is -0.397 e. The van der Waals surface area contributed by atoms with Gasteiger partial charge < -0.3 is 16.4 Å². The summed E-state index contributed by atoms with van der Waals surface area (Å²) >= 11 is 0. The van der Waals surface area contributed by atoms with Crippen molar-refractivity contribution < 1.29 is 14.0 Å². The molecule has 1 unspecified atom stereocenters. The van der Waals surface area contributed by atoms with Crippen LogP contribution in [-0.4, -0.2) is 42.9 Å². The third-order valence-electron chi connectivity index (χ3n) is 3.23. The van der Waals surface area contributed by atoms with E-state index in [9.17, 15) is 14.0 Å². The van der Waals surface area contributed by atoms with Crippen molar-refractivity contribution in [2.75, 3.05) is 31.2 Å². The van der Waals surface area contributed by atoms with Crippen LogP contribution in [0.15, 0.2) is 18.2 Å². The van der Waals surface area contributed by atoms with Gasteiger partial charge >= 0.3 is 0 Å². The van der Waals surface area contributed by atoms with Gasteiger partial charge in [0.1, 0.15) is 5.82 Å². The summed E-state index contributed by atoms with van der Waals surface area (Å²) < 4.78 is 13.0. The van der Waals surface area contributed by atoms with E-state index in [0.717, 1.165) is 6.07 Å². The molecule has 0 aliphatic heterocycles. The molecule has 6 nitrogen and oxygen atoms in total. The Bertz CT molecular complexity index is 522. The second kappa shape index (κ2) is 7.58. The third kappa shape index (κ3) is 4.71. The number of amides is 2. The molecule has 0 fully saturated rings. The summed E-state index contributed by atoms with van der Waals surface area (Å²) in [6.07, 6.45) is 0. The number of rotatable bonds is 6. The molecule has 1 aromatic carbocycles. The molecule has 0 saturated heterocycles. The number of anilines is 2. The van der Waals surface area contributed by atoms with Crippen LogP contribution in [0.2, 0.25) is 0 Å². The first kappa shape index (κ1) is 16.9. The molecule has 2 amide bonds. The highest BCUT2D eigenvalue weighted by molar-refractivity contribution is 5.97. The van der Waals surface area contributed by atoms with Crippen LogP contribution in [0, 0.1) is 5.82 Å². The molecule has 0 saturated carbocycles. The minimum atomic E-state index is -0.517. The second-order valence-electron chi connectivity index (χ2n) is 4.63. The quantitative estimate of drug-likeness (QED) is 0.678. The molecule has 7 heteroatoms. The van der Waals surface area contributed by atoms with Crippen LogP contribution < -0.4 is 16.4 Å². The molecule has 0 aliphatic rings. The Kier molecular flexibility index (Phi) is 6.10. The molecule has 0 bridgehead atoms. The van der Waals surface area contributed by atoms with Crippen LogP contribution in [-0.2, 0) is 9.59 Å². The van der Waals surface area contributed by atoms with Gasteiger partial charge in [0.2, 0.25) is 11.8 Å².